The Morgan fingerprint density at radius 3 is 2.10 bits per heavy atom. The van der Waals surface area contributed by atoms with Crippen molar-refractivity contribution in [1.29, 1.82) is 0 Å². The minimum atomic E-state index is -4.80. The molecule has 7 nitrogen and oxygen atoms in total. The Labute approximate surface area is 224 Å². The van der Waals surface area contributed by atoms with E-state index in [0.29, 0.717) is 11.1 Å². The lowest BCUT2D eigenvalue weighted by molar-refractivity contribution is -0.152. The zero-order valence-electron chi connectivity index (χ0n) is 21.0. The van der Waals surface area contributed by atoms with Crippen molar-refractivity contribution in [2.45, 2.75) is 44.2 Å². The van der Waals surface area contributed by atoms with Gasteiger partial charge >= 0.3 is 12.4 Å². The molecule has 1 heterocycles. The quantitative estimate of drug-likeness (QED) is 0.432. The van der Waals surface area contributed by atoms with E-state index in [1.807, 2.05) is 0 Å². The van der Waals surface area contributed by atoms with Gasteiger partial charge in [0, 0.05) is 42.9 Å². The van der Waals surface area contributed by atoms with Crippen LogP contribution in [-0.4, -0.2) is 49.0 Å². The maximum absolute atomic E-state index is 14.1. The normalized spacial score (nSPS) is 17.4. The molecule has 216 valence electrons. The number of amides is 3. The van der Waals surface area contributed by atoms with Crippen molar-refractivity contribution in [1.82, 2.24) is 5.32 Å². The zero-order chi connectivity index (χ0) is 29.8. The van der Waals surface area contributed by atoms with Gasteiger partial charge in [-0.25, -0.2) is 9.38 Å². The molecule has 0 saturated carbocycles. The summed E-state index contributed by atoms with van der Waals surface area (Å²) in [6.07, 6.45) is -16.6. The van der Waals surface area contributed by atoms with Gasteiger partial charge in [0.15, 0.2) is 0 Å². The van der Waals surface area contributed by atoms with Gasteiger partial charge in [-0.2, -0.15) is 26.3 Å². The molecule has 0 unspecified atom stereocenters. The molecular formula is C26H25F7N4O3. The number of anilines is 1. The molecule has 3 N–H and O–H groups in total. The van der Waals surface area contributed by atoms with E-state index in [0.717, 1.165) is 17.0 Å². The number of carbonyl (C=O) groups excluding carboxylic acids is 3. The van der Waals surface area contributed by atoms with Gasteiger partial charge in [-0.05, 0) is 31.0 Å². The van der Waals surface area contributed by atoms with E-state index >= 15 is 0 Å². The number of nitrogens with zero attached hydrogens (tertiary/aromatic N) is 2. The molecule has 40 heavy (non-hydrogen) atoms. The first kappa shape index (κ1) is 30.6. The molecule has 14 heteroatoms. The van der Waals surface area contributed by atoms with Crippen molar-refractivity contribution in [3.63, 3.8) is 0 Å². The Morgan fingerprint density at radius 1 is 0.975 bits per heavy atom. The molecule has 0 bridgehead atoms. The third kappa shape index (κ3) is 7.79. The summed E-state index contributed by atoms with van der Waals surface area (Å²) < 4.78 is 91.8. The number of carbonyl (C=O) groups is 3. The highest BCUT2D eigenvalue weighted by Gasteiger charge is 2.41. The second kappa shape index (κ2) is 12.0. The molecule has 2 aromatic rings. The molecule has 2 aromatic carbocycles. The third-order valence-electron chi connectivity index (χ3n) is 6.39. The molecule has 0 radical (unpaired) electrons. The molecule has 3 amide bonds. The summed E-state index contributed by atoms with van der Waals surface area (Å²) in [5.41, 5.74) is 6.18. The number of nitrogens with one attached hydrogen (secondary N) is 1. The molecule has 1 aliphatic heterocycles. The molecule has 1 aliphatic rings. The summed E-state index contributed by atoms with van der Waals surface area (Å²) in [5.74, 6) is -8.16. The Balaban J connectivity index is 2.03. The summed E-state index contributed by atoms with van der Waals surface area (Å²) >= 11 is 0. The number of hydrogen-bond donors (Lipinski definition) is 2. The molecule has 3 rings (SSSR count). The summed E-state index contributed by atoms with van der Waals surface area (Å²) in [4.78, 5) is 43.9. The molecule has 0 fully saturated rings. The average molecular weight is 574 g/mol. The lowest BCUT2D eigenvalue weighted by atomic mass is 9.83. The maximum atomic E-state index is 14.1. The minimum absolute atomic E-state index is 0.0816. The largest absolute Gasteiger partial charge is 0.389 e. The first-order valence-electron chi connectivity index (χ1n) is 12.0. The van der Waals surface area contributed by atoms with Crippen LogP contribution in [0.5, 0.6) is 0 Å². The zero-order valence-corrected chi connectivity index (χ0v) is 21.0. The predicted octanol–water partition coefficient (Wildman–Crippen LogP) is 4.48. The third-order valence-corrected chi connectivity index (χ3v) is 6.39. The van der Waals surface area contributed by atoms with Crippen LogP contribution in [0, 0.1) is 17.7 Å². The number of benzene rings is 2. The number of benzodiazepines with no additional fused rings is 1. The van der Waals surface area contributed by atoms with Gasteiger partial charge in [0.05, 0.1) is 11.4 Å². The highest BCUT2D eigenvalue weighted by Crippen LogP contribution is 2.33. The fourth-order valence-corrected chi connectivity index (χ4v) is 4.40. The minimum Gasteiger partial charge on any atom is -0.369 e. The Morgan fingerprint density at radius 2 is 1.55 bits per heavy atom. The molecule has 0 aromatic heterocycles. The Bertz CT molecular complexity index is 1280. The standard InChI is InChI=1S/C26H25F7N4O3/c1-37-19-13-15(27)7-8-18(19)20(14-5-3-2-4-6-14)35-22(24(37)40)36-23(39)17(10-12-26(31,32)33)16(21(34)38)9-11-25(28,29)30/h2-8,13,16-17,22H,9-12H2,1H3,(H2,34,38)(H,36,39)/t16-,17+,22-/m1/s1. The topological polar surface area (TPSA) is 105 Å². The van der Waals surface area contributed by atoms with Gasteiger partial charge < -0.3 is 16.0 Å². The van der Waals surface area contributed by atoms with E-state index in [-0.39, 0.29) is 11.4 Å². The van der Waals surface area contributed by atoms with E-state index in [1.54, 1.807) is 30.3 Å². The molecule has 3 atom stereocenters. The fraction of sp³-hybridized carbons (Fsp3) is 0.385. The van der Waals surface area contributed by atoms with Gasteiger partial charge in [0.2, 0.25) is 18.0 Å². The monoisotopic (exact) mass is 574 g/mol. The van der Waals surface area contributed by atoms with Gasteiger partial charge in [-0.3, -0.25) is 14.4 Å². The number of nitrogens with two attached hydrogens (primary N) is 1. The van der Waals surface area contributed by atoms with E-state index in [1.165, 1.54) is 13.1 Å². The van der Waals surface area contributed by atoms with Gasteiger partial charge in [0.25, 0.3) is 5.91 Å². The van der Waals surface area contributed by atoms with E-state index in [9.17, 15) is 45.1 Å². The average Bonchev–Trinajstić information content (AvgIpc) is 2.95. The molecule has 0 saturated heterocycles. The van der Waals surface area contributed by atoms with Gasteiger partial charge in [-0.1, -0.05) is 30.3 Å². The maximum Gasteiger partial charge on any atom is 0.389 e. The van der Waals surface area contributed by atoms with Crippen molar-refractivity contribution in [3.05, 3.63) is 65.5 Å². The van der Waals surface area contributed by atoms with Gasteiger partial charge in [-0.15, -0.1) is 0 Å². The van der Waals surface area contributed by atoms with Crippen molar-refractivity contribution in [3.8, 4) is 0 Å². The summed E-state index contributed by atoms with van der Waals surface area (Å²) in [6.45, 7) is 0. The lowest BCUT2D eigenvalue weighted by Gasteiger charge is -2.27. The fourth-order valence-electron chi connectivity index (χ4n) is 4.40. The number of fused-ring (bicyclic) bond motifs is 1. The van der Waals surface area contributed by atoms with E-state index in [4.69, 9.17) is 5.73 Å². The van der Waals surface area contributed by atoms with Crippen molar-refractivity contribution < 1.29 is 45.1 Å². The lowest BCUT2D eigenvalue weighted by Crippen LogP contribution is -2.50. The van der Waals surface area contributed by atoms with Crippen LogP contribution in [0.1, 0.15) is 36.8 Å². The SMILES string of the molecule is CN1C(=O)[C@@H](NC(=O)[C@@H](CCC(F)(F)F)[C@@H](CCC(F)(F)F)C(N)=O)N=C(c2ccccc2)c2ccc(F)cc21. The first-order valence-corrected chi connectivity index (χ1v) is 12.0. The number of halogens is 7. The van der Waals surface area contributed by atoms with Crippen LogP contribution in [-0.2, 0) is 14.4 Å². The number of rotatable bonds is 9. The smallest absolute Gasteiger partial charge is 0.369 e. The number of hydrogen-bond acceptors (Lipinski definition) is 4. The first-order chi connectivity index (χ1) is 18.6. The molecule has 0 aliphatic carbocycles. The van der Waals surface area contributed by atoms with Crippen LogP contribution in [0.25, 0.3) is 0 Å². The van der Waals surface area contributed by atoms with Gasteiger partial charge in [0.1, 0.15) is 5.82 Å². The van der Waals surface area contributed by atoms with Crippen molar-refractivity contribution >= 4 is 29.1 Å². The number of aliphatic imine (C=N–C) groups is 1. The van der Waals surface area contributed by atoms with E-state index < -0.39 is 79.6 Å². The van der Waals surface area contributed by atoms with Crippen LogP contribution >= 0.6 is 0 Å². The summed E-state index contributed by atoms with van der Waals surface area (Å²) in [5, 5.41) is 2.19. The predicted molar refractivity (Wildman–Crippen MR) is 131 cm³/mol. The Hall–Kier alpha value is -3.97. The highest BCUT2D eigenvalue weighted by molar-refractivity contribution is 6.20. The highest BCUT2D eigenvalue weighted by atomic mass is 19.4. The van der Waals surface area contributed by atoms with Crippen LogP contribution in [0.3, 0.4) is 0 Å². The molecular weight excluding hydrogens is 549 g/mol. The summed E-state index contributed by atoms with van der Waals surface area (Å²) in [6, 6.07) is 11.8. The number of alkyl halides is 6. The van der Waals surface area contributed by atoms with Crippen LogP contribution in [0.2, 0.25) is 0 Å². The number of primary amides is 1. The Kier molecular flexibility index (Phi) is 9.21. The molecule has 0 spiro atoms. The van der Waals surface area contributed by atoms with Crippen LogP contribution < -0.4 is 16.0 Å². The number of likely N-dealkylation sites (N-methyl/N-ethyl adjacent to an activating group) is 1. The van der Waals surface area contributed by atoms with Crippen molar-refractivity contribution in [2.75, 3.05) is 11.9 Å². The van der Waals surface area contributed by atoms with E-state index in [2.05, 4.69) is 10.3 Å². The van der Waals surface area contributed by atoms with Crippen LogP contribution in [0.4, 0.5) is 36.4 Å². The second-order valence-corrected chi connectivity index (χ2v) is 9.24. The second-order valence-electron chi connectivity index (χ2n) is 9.24. The van der Waals surface area contributed by atoms with Crippen molar-refractivity contribution in [2.24, 2.45) is 22.6 Å². The van der Waals surface area contributed by atoms with Crippen LogP contribution in [0.15, 0.2) is 53.5 Å². The summed E-state index contributed by atoms with van der Waals surface area (Å²) in [7, 11) is 1.26.